The van der Waals surface area contributed by atoms with Crippen LogP contribution < -0.4 is 10.1 Å². The second-order valence-electron chi connectivity index (χ2n) is 6.52. The lowest BCUT2D eigenvalue weighted by Crippen LogP contribution is -2.27. The number of nitrogens with zero attached hydrogens (tertiary/aromatic N) is 4. The van der Waals surface area contributed by atoms with Crippen LogP contribution >= 0.6 is 0 Å². The van der Waals surface area contributed by atoms with Crippen molar-refractivity contribution >= 4 is 5.91 Å². The van der Waals surface area contributed by atoms with Crippen molar-refractivity contribution < 1.29 is 14.1 Å². The van der Waals surface area contributed by atoms with E-state index in [9.17, 15) is 4.79 Å². The number of hydrogen-bond acceptors (Lipinski definition) is 7. The van der Waals surface area contributed by atoms with Gasteiger partial charge in [-0.25, -0.2) is 0 Å². The van der Waals surface area contributed by atoms with E-state index in [0.717, 1.165) is 43.7 Å². The van der Waals surface area contributed by atoms with Gasteiger partial charge in [-0.3, -0.25) is 14.7 Å². The highest BCUT2D eigenvalue weighted by Crippen LogP contribution is 2.32. The first kappa shape index (κ1) is 16.0. The van der Waals surface area contributed by atoms with E-state index in [1.54, 1.807) is 13.3 Å². The first-order valence-electron chi connectivity index (χ1n) is 8.60. The molecule has 2 fully saturated rings. The lowest BCUT2D eigenvalue weighted by atomic mass is 10.2. The maximum absolute atomic E-state index is 12.0. The molecule has 1 atom stereocenters. The molecule has 8 heteroatoms. The Morgan fingerprint density at radius 2 is 2.32 bits per heavy atom. The van der Waals surface area contributed by atoms with Crippen LogP contribution in [0.25, 0.3) is 0 Å². The standard InChI is InChI=1S/C17H21N5O3/c1-24-13-6-7-18-12(9-13)10-22-8-2-3-14(22)17-20-15(21-25-17)16(23)19-11-4-5-11/h6-7,9,11,14H,2-5,8,10H2,1H3,(H,19,23)/t14-/m1/s1. The van der Waals surface area contributed by atoms with E-state index in [1.807, 2.05) is 12.1 Å². The SMILES string of the molecule is COc1ccnc(CN2CCC[C@@H]2c2nc(C(=O)NC3CC3)no2)c1. The van der Waals surface area contributed by atoms with Gasteiger partial charge in [0.1, 0.15) is 5.75 Å². The molecule has 2 aromatic rings. The Hall–Kier alpha value is -2.48. The largest absolute Gasteiger partial charge is 0.497 e. The Kier molecular flexibility index (Phi) is 4.35. The number of nitrogens with one attached hydrogen (secondary N) is 1. The van der Waals surface area contributed by atoms with Gasteiger partial charge in [-0.1, -0.05) is 5.16 Å². The Morgan fingerprint density at radius 3 is 3.12 bits per heavy atom. The monoisotopic (exact) mass is 343 g/mol. The molecule has 132 valence electrons. The molecule has 2 aromatic heterocycles. The minimum absolute atomic E-state index is 0.0166. The van der Waals surface area contributed by atoms with Crippen LogP contribution in [-0.4, -0.2) is 45.6 Å². The van der Waals surface area contributed by atoms with Crippen LogP contribution in [0.5, 0.6) is 5.75 Å². The van der Waals surface area contributed by atoms with E-state index in [-0.39, 0.29) is 23.8 Å². The maximum Gasteiger partial charge on any atom is 0.292 e. The van der Waals surface area contributed by atoms with Crippen LogP contribution in [-0.2, 0) is 6.54 Å². The van der Waals surface area contributed by atoms with Crippen LogP contribution in [0.15, 0.2) is 22.9 Å². The molecule has 1 saturated carbocycles. The fraction of sp³-hybridized carbons (Fsp3) is 0.529. The Labute approximate surface area is 145 Å². The highest BCUT2D eigenvalue weighted by Gasteiger charge is 2.32. The third-order valence-electron chi connectivity index (χ3n) is 4.59. The lowest BCUT2D eigenvalue weighted by Gasteiger charge is -2.21. The van der Waals surface area contributed by atoms with Gasteiger partial charge in [0.25, 0.3) is 11.7 Å². The van der Waals surface area contributed by atoms with Crippen LogP contribution in [0.2, 0.25) is 0 Å². The molecule has 0 aromatic carbocycles. The van der Waals surface area contributed by atoms with Crippen molar-refractivity contribution in [3.05, 3.63) is 35.7 Å². The predicted octanol–water partition coefficient (Wildman–Crippen LogP) is 1.70. The molecule has 3 heterocycles. The summed E-state index contributed by atoms with van der Waals surface area (Å²) in [6, 6.07) is 4.05. The van der Waals surface area contributed by atoms with Gasteiger partial charge in [-0.15, -0.1) is 0 Å². The van der Waals surface area contributed by atoms with Gasteiger partial charge in [-0.05, 0) is 38.3 Å². The van der Waals surface area contributed by atoms with Crippen LogP contribution in [0.3, 0.4) is 0 Å². The number of hydrogen-bond donors (Lipinski definition) is 1. The predicted molar refractivity (Wildman–Crippen MR) is 88.0 cm³/mol. The highest BCUT2D eigenvalue weighted by atomic mass is 16.5. The normalized spacial score (nSPS) is 20.6. The number of rotatable bonds is 6. The summed E-state index contributed by atoms with van der Waals surface area (Å²) in [5, 5.41) is 6.73. The van der Waals surface area contributed by atoms with Gasteiger partial charge in [0.15, 0.2) is 0 Å². The first-order chi connectivity index (χ1) is 12.2. The molecule has 1 saturated heterocycles. The fourth-order valence-electron chi connectivity index (χ4n) is 3.11. The van der Waals surface area contributed by atoms with Crippen LogP contribution in [0, 0.1) is 0 Å². The van der Waals surface area contributed by atoms with Gasteiger partial charge >= 0.3 is 0 Å². The zero-order valence-electron chi connectivity index (χ0n) is 14.1. The number of amides is 1. The summed E-state index contributed by atoms with van der Waals surface area (Å²) in [6.07, 6.45) is 5.77. The average molecular weight is 343 g/mol. The summed E-state index contributed by atoms with van der Waals surface area (Å²) in [5.74, 6) is 1.16. The topological polar surface area (TPSA) is 93.4 Å². The van der Waals surface area contributed by atoms with Crippen molar-refractivity contribution in [3.63, 3.8) is 0 Å². The molecule has 1 aliphatic carbocycles. The summed E-state index contributed by atoms with van der Waals surface area (Å²) >= 11 is 0. The van der Waals surface area contributed by atoms with Gasteiger partial charge in [0.2, 0.25) is 5.89 Å². The number of carbonyl (C=O) groups is 1. The second kappa shape index (κ2) is 6.79. The number of pyridine rings is 1. The summed E-state index contributed by atoms with van der Waals surface area (Å²) in [4.78, 5) is 23.0. The van der Waals surface area contributed by atoms with E-state index in [1.165, 1.54) is 0 Å². The van der Waals surface area contributed by atoms with Crippen molar-refractivity contribution in [1.82, 2.24) is 25.3 Å². The molecule has 1 aliphatic heterocycles. The number of likely N-dealkylation sites (tertiary alicyclic amines) is 1. The summed E-state index contributed by atoms with van der Waals surface area (Å²) in [6.45, 7) is 1.60. The quantitative estimate of drug-likeness (QED) is 0.853. The fourth-order valence-corrected chi connectivity index (χ4v) is 3.11. The Bertz CT molecular complexity index is 758. The summed E-state index contributed by atoms with van der Waals surface area (Å²) in [7, 11) is 1.64. The van der Waals surface area contributed by atoms with Crippen molar-refractivity contribution in [2.75, 3.05) is 13.7 Å². The number of carbonyl (C=O) groups excluding carboxylic acids is 1. The van der Waals surface area contributed by atoms with E-state index in [2.05, 4.69) is 25.3 Å². The molecular formula is C17H21N5O3. The van der Waals surface area contributed by atoms with Crippen molar-refractivity contribution in [2.45, 2.75) is 44.3 Å². The number of methoxy groups -OCH3 is 1. The smallest absolute Gasteiger partial charge is 0.292 e. The Balaban J connectivity index is 1.45. The zero-order chi connectivity index (χ0) is 17.2. The molecule has 0 radical (unpaired) electrons. The van der Waals surface area contributed by atoms with Gasteiger partial charge in [-0.2, -0.15) is 4.98 Å². The molecule has 0 unspecified atom stereocenters. The zero-order valence-corrected chi connectivity index (χ0v) is 14.1. The second-order valence-corrected chi connectivity index (χ2v) is 6.52. The molecule has 0 spiro atoms. The minimum atomic E-state index is -0.253. The van der Waals surface area contributed by atoms with Gasteiger partial charge in [0, 0.05) is 24.8 Å². The number of ether oxygens (including phenoxy) is 1. The average Bonchev–Trinajstić information content (AvgIpc) is 3.11. The maximum atomic E-state index is 12.0. The van der Waals surface area contributed by atoms with E-state index >= 15 is 0 Å². The van der Waals surface area contributed by atoms with Crippen molar-refractivity contribution in [2.24, 2.45) is 0 Å². The number of aromatic nitrogens is 3. The van der Waals surface area contributed by atoms with Gasteiger partial charge in [0.05, 0.1) is 18.8 Å². The summed E-state index contributed by atoms with van der Waals surface area (Å²) in [5.41, 5.74) is 0.928. The lowest BCUT2D eigenvalue weighted by molar-refractivity contribution is 0.0937. The Morgan fingerprint density at radius 1 is 1.44 bits per heavy atom. The van der Waals surface area contributed by atoms with E-state index in [0.29, 0.717) is 12.4 Å². The first-order valence-corrected chi connectivity index (χ1v) is 8.60. The molecule has 0 bridgehead atoms. The van der Waals surface area contributed by atoms with Gasteiger partial charge < -0.3 is 14.6 Å². The van der Waals surface area contributed by atoms with Crippen LogP contribution in [0.1, 0.15) is 53.9 Å². The minimum Gasteiger partial charge on any atom is -0.497 e. The molecule has 4 rings (SSSR count). The third kappa shape index (κ3) is 3.63. The molecule has 1 N–H and O–H groups in total. The van der Waals surface area contributed by atoms with Crippen LogP contribution in [0.4, 0.5) is 0 Å². The highest BCUT2D eigenvalue weighted by molar-refractivity contribution is 5.90. The van der Waals surface area contributed by atoms with Crippen molar-refractivity contribution in [3.8, 4) is 5.75 Å². The molecule has 2 aliphatic rings. The molecule has 1 amide bonds. The third-order valence-corrected chi connectivity index (χ3v) is 4.59. The summed E-state index contributed by atoms with van der Waals surface area (Å²) < 4.78 is 10.6. The molecular weight excluding hydrogens is 322 g/mol. The van der Waals surface area contributed by atoms with Crippen molar-refractivity contribution in [1.29, 1.82) is 0 Å². The van der Waals surface area contributed by atoms with E-state index in [4.69, 9.17) is 9.26 Å². The molecule has 8 nitrogen and oxygen atoms in total. The molecule has 25 heavy (non-hydrogen) atoms. The van der Waals surface area contributed by atoms with E-state index < -0.39 is 0 Å².